The number of hydrogen-bond donors (Lipinski definition) is 2. The van der Waals surface area contributed by atoms with E-state index in [1.54, 1.807) is 13.2 Å². The van der Waals surface area contributed by atoms with Crippen LogP contribution in [0.2, 0.25) is 0 Å². The molecular formula is C11H15ClN2O2. The smallest absolute Gasteiger partial charge is 0.319 e. The number of methoxy groups -OCH3 is 1. The van der Waals surface area contributed by atoms with Gasteiger partial charge in [0.05, 0.1) is 7.11 Å². The van der Waals surface area contributed by atoms with Gasteiger partial charge in [0.25, 0.3) is 0 Å². The van der Waals surface area contributed by atoms with Gasteiger partial charge in [0.2, 0.25) is 0 Å². The van der Waals surface area contributed by atoms with Gasteiger partial charge >= 0.3 is 6.03 Å². The van der Waals surface area contributed by atoms with Crippen molar-refractivity contribution in [1.29, 1.82) is 0 Å². The Labute approximate surface area is 99.9 Å². The summed E-state index contributed by atoms with van der Waals surface area (Å²) in [4.78, 5) is 11.4. The molecule has 16 heavy (non-hydrogen) atoms. The van der Waals surface area contributed by atoms with E-state index >= 15 is 0 Å². The van der Waals surface area contributed by atoms with Crippen molar-refractivity contribution in [3.8, 4) is 5.75 Å². The molecule has 4 nitrogen and oxygen atoms in total. The zero-order valence-corrected chi connectivity index (χ0v) is 10.1. The van der Waals surface area contributed by atoms with Crippen LogP contribution in [0, 0.1) is 6.92 Å². The Morgan fingerprint density at radius 2 is 2.25 bits per heavy atom. The Morgan fingerprint density at radius 1 is 1.50 bits per heavy atom. The Hall–Kier alpha value is -1.42. The summed E-state index contributed by atoms with van der Waals surface area (Å²) in [5, 5.41) is 5.35. The fourth-order valence-corrected chi connectivity index (χ4v) is 1.28. The molecule has 0 saturated heterocycles. The van der Waals surface area contributed by atoms with E-state index in [4.69, 9.17) is 16.3 Å². The van der Waals surface area contributed by atoms with E-state index in [0.29, 0.717) is 18.2 Å². The number of rotatable bonds is 4. The molecule has 0 spiro atoms. The third kappa shape index (κ3) is 3.62. The minimum Gasteiger partial charge on any atom is -0.497 e. The molecule has 88 valence electrons. The highest BCUT2D eigenvalue weighted by molar-refractivity contribution is 6.18. The quantitative estimate of drug-likeness (QED) is 0.797. The number of alkyl halides is 1. The van der Waals surface area contributed by atoms with Crippen molar-refractivity contribution in [2.45, 2.75) is 6.92 Å². The number of halogens is 1. The second-order valence-electron chi connectivity index (χ2n) is 3.25. The standard InChI is InChI=1S/C11H15ClN2O2/c1-8-3-4-9(16-2)7-10(8)14-11(15)13-6-5-12/h3-4,7H,5-6H2,1-2H3,(H2,13,14,15). The van der Waals surface area contributed by atoms with Crippen molar-refractivity contribution < 1.29 is 9.53 Å². The van der Waals surface area contributed by atoms with Gasteiger partial charge < -0.3 is 15.4 Å². The molecule has 0 atom stereocenters. The SMILES string of the molecule is COc1ccc(C)c(NC(=O)NCCCl)c1. The molecule has 0 aromatic heterocycles. The summed E-state index contributed by atoms with van der Waals surface area (Å²) < 4.78 is 5.08. The van der Waals surface area contributed by atoms with Crippen LogP contribution in [0.3, 0.4) is 0 Å². The molecule has 2 amide bonds. The number of anilines is 1. The number of urea groups is 1. The molecule has 1 rings (SSSR count). The average Bonchev–Trinajstić information content (AvgIpc) is 2.29. The van der Waals surface area contributed by atoms with Crippen LogP contribution < -0.4 is 15.4 Å². The average molecular weight is 243 g/mol. The van der Waals surface area contributed by atoms with Crippen LogP contribution in [0.5, 0.6) is 5.75 Å². The highest BCUT2D eigenvalue weighted by atomic mass is 35.5. The molecule has 1 aromatic rings. The van der Waals surface area contributed by atoms with Crippen molar-refractivity contribution >= 4 is 23.3 Å². The summed E-state index contributed by atoms with van der Waals surface area (Å²) in [5.41, 5.74) is 1.70. The summed E-state index contributed by atoms with van der Waals surface area (Å²) in [6.45, 7) is 2.35. The molecule has 0 saturated carbocycles. The van der Waals surface area contributed by atoms with E-state index < -0.39 is 0 Å². The first-order valence-electron chi connectivity index (χ1n) is 4.93. The largest absolute Gasteiger partial charge is 0.497 e. The molecule has 0 aliphatic heterocycles. The molecular weight excluding hydrogens is 228 g/mol. The van der Waals surface area contributed by atoms with Crippen LogP contribution in [-0.2, 0) is 0 Å². The van der Waals surface area contributed by atoms with E-state index in [1.165, 1.54) is 0 Å². The number of hydrogen-bond acceptors (Lipinski definition) is 2. The molecule has 0 radical (unpaired) electrons. The molecule has 2 N–H and O–H groups in total. The topological polar surface area (TPSA) is 50.4 Å². The second-order valence-corrected chi connectivity index (χ2v) is 3.63. The third-order valence-electron chi connectivity index (χ3n) is 2.07. The maximum atomic E-state index is 11.4. The lowest BCUT2D eigenvalue weighted by Gasteiger charge is -2.10. The molecule has 5 heteroatoms. The molecule has 0 aliphatic rings. The zero-order chi connectivity index (χ0) is 12.0. The second kappa shape index (κ2) is 6.23. The number of amides is 2. The summed E-state index contributed by atoms with van der Waals surface area (Å²) in [5.74, 6) is 1.10. The molecule has 0 bridgehead atoms. The first-order valence-corrected chi connectivity index (χ1v) is 5.46. The number of aryl methyl sites for hydroxylation is 1. The van der Waals surface area contributed by atoms with Crippen molar-refractivity contribution in [1.82, 2.24) is 5.32 Å². The van der Waals surface area contributed by atoms with Crippen LogP contribution >= 0.6 is 11.6 Å². The van der Waals surface area contributed by atoms with Crippen molar-refractivity contribution in [3.05, 3.63) is 23.8 Å². The van der Waals surface area contributed by atoms with Crippen molar-refractivity contribution in [3.63, 3.8) is 0 Å². The van der Waals surface area contributed by atoms with Gasteiger partial charge in [0.15, 0.2) is 0 Å². The van der Waals surface area contributed by atoms with E-state index in [0.717, 1.165) is 11.3 Å². The minimum absolute atomic E-state index is 0.267. The summed E-state index contributed by atoms with van der Waals surface area (Å²) >= 11 is 5.47. The number of carbonyl (C=O) groups excluding carboxylic acids is 1. The zero-order valence-electron chi connectivity index (χ0n) is 9.34. The van der Waals surface area contributed by atoms with Gasteiger partial charge in [-0.2, -0.15) is 0 Å². The van der Waals surface area contributed by atoms with Gasteiger partial charge in [-0.3, -0.25) is 0 Å². The Morgan fingerprint density at radius 3 is 2.88 bits per heavy atom. The summed E-state index contributed by atoms with van der Waals surface area (Å²) in [6, 6.07) is 5.24. The predicted octanol–water partition coefficient (Wildman–Crippen LogP) is 2.36. The summed E-state index contributed by atoms with van der Waals surface area (Å²) in [7, 11) is 1.59. The first-order chi connectivity index (χ1) is 7.67. The molecule has 0 aliphatic carbocycles. The lowest BCUT2D eigenvalue weighted by Crippen LogP contribution is -2.30. The fraction of sp³-hybridized carbons (Fsp3) is 0.364. The van der Waals surface area contributed by atoms with Gasteiger partial charge in [-0.15, -0.1) is 11.6 Å². The van der Waals surface area contributed by atoms with E-state index in [1.807, 2.05) is 19.1 Å². The van der Waals surface area contributed by atoms with Gasteiger partial charge in [-0.1, -0.05) is 6.07 Å². The van der Waals surface area contributed by atoms with Gasteiger partial charge in [-0.25, -0.2) is 4.79 Å². The maximum absolute atomic E-state index is 11.4. The maximum Gasteiger partial charge on any atom is 0.319 e. The van der Waals surface area contributed by atoms with E-state index in [-0.39, 0.29) is 6.03 Å². The Balaban J connectivity index is 2.68. The lowest BCUT2D eigenvalue weighted by atomic mass is 10.2. The van der Waals surface area contributed by atoms with Gasteiger partial charge in [-0.05, 0) is 18.6 Å². The van der Waals surface area contributed by atoms with E-state index in [2.05, 4.69) is 10.6 Å². The lowest BCUT2D eigenvalue weighted by molar-refractivity contribution is 0.252. The van der Waals surface area contributed by atoms with Gasteiger partial charge in [0.1, 0.15) is 5.75 Å². The highest BCUT2D eigenvalue weighted by Gasteiger charge is 2.04. The number of benzene rings is 1. The first kappa shape index (κ1) is 12.6. The fourth-order valence-electron chi connectivity index (χ4n) is 1.19. The molecule has 1 aromatic carbocycles. The number of ether oxygens (including phenoxy) is 1. The molecule has 0 heterocycles. The third-order valence-corrected chi connectivity index (χ3v) is 2.26. The number of nitrogens with one attached hydrogen (secondary N) is 2. The molecule has 0 unspecified atom stereocenters. The Bertz CT molecular complexity index is 369. The predicted molar refractivity (Wildman–Crippen MR) is 65.5 cm³/mol. The van der Waals surface area contributed by atoms with Crippen LogP contribution in [0.1, 0.15) is 5.56 Å². The monoisotopic (exact) mass is 242 g/mol. The molecule has 0 fully saturated rings. The Kier molecular flexibility index (Phi) is 4.92. The van der Waals surface area contributed by atoms with Crippen LogP contribution in [-0.4, -0.2) is 25.6 Å². The van der Waals surface area contributed by atoms with Crippen LogP contribution in [0.15, 0.2) is 18.2 Å². The normalized spacial score (nSPS) is 9.69. The number of carbonyl (C=O) groups is 1. The van der Waals surface area contributed by atoms with Crippen molar-refractivity contribution in [2.24, 2.45) is 0 Å². The minimum atomic E-state index is -0.267. The highest BCUT2D eigenvalue weighted by Crippen LogP contribution is 2.21. The van der Waals surface area contributed by atoms with Gasteiger partial charge in [0, 0.05) is 24.2 Å². The van der Waals surface area contributed by atoms with Crippen LogP contribution in [0.4, 0.5) is 10.5 Å². The van der Waals surface area contributed by atoms with E-state index in [9.17, 15) is 4.79 Å². The summed E-state index contributed by atoms with van der Waals surface area (Å²) in [6.07, 6.45) is 0. The van der Waals surface area contributed by atoms with Crippen LogP contribution in [0.25, 0.3) is 0 Å². The van der Waals surface area contributed by atoms with Crippen molar-refractivity contribution in [2.75, 3.05) is 24.9 Å².